The highest BCUT2D eigenvalue weighted by Crippen LogP contribution is 2.33. The normalized spacial score (nSPS) is 11.5. The van der Waals surface area contributed by atoms with E-state index in [1.54, 1.807) is 6.07 Å². The van der Waals surface area contributed by atoms with Gasteiger partial charge in [-0.2, -0.15) is 9.78 Å². The monoisotopic (exact) mass is 277 g/mol. The Labute approximate surface area is 116 Å². The van der Waals surface area contributed by atoms with Crippen molar-refractivity contribution in [1.29, 1.82) is 0 Å². The van der Waals surface area contributed by atoms with Gasteiger partial charge in [0.05, 0.1) is 0 Å². The van der Waals surface area contributed by atoms with E-state index in [1.165, 1.54) is 17.0 Å². The van der Waals surface area contributed by atoms with E-state index in [1.807, 2.05) is 27.7 Å². The molecule has 0 aliphatic rings. The van der Waals surface area contributed by atoms with E-state index in [0.717, 1.165) is 4.68 Å². The maximum Gasteiger partial charge on any atom is 0.350 e. The molecule has 0 fully saturated rings. The van der Waals surface area contributed by atoms with Gasteiger partial charge in [0.25, 0.3) is 0 Å². The summed E-state index contributed by atoms with van der Waals surface area (Å²) in [7, 11) is 0. The van der Waals surface area contributed by atoms with Crippen molar-refractivity contribution in [2.75, 3.05) is 0 Å². The van der Waals surface area contributed by atoms with Crippen molar-refractivity contribution in [2.24, 2.45) is 0 Å². The predicted octanol–water partition coefficient (Wildman–Crippen LogP) is 2.15. The van der Waals surface area contributed by atoms with Crippen LogP contribution in [0.3, 0.4) is 0 Å². The van der Waals surface area contributed by atoms with Gasteiger partial charge in [0.15, 0.2) is 0 Å². The molecule has 0 saturated carbocycles. The quantitative estimate of drug-likeness (QED) is 0.900. The molecule has 0 bridgehead atoms. The van der Waals surface area contributed by atoms with E-state index in [0.29, 0.717) is 5.56 Å². The van der Waals surface area contributed by atoms with E-state index >= 15 is 0 Å². The van der Waals surface area contributed by atoms with Crippen LogP contribution >= 0.6 is 0 Å². The van der Waals surface area contributed by atoms with Crippen molar-refractivity contribution in [2.45, 2.75) is 39.7 Å². The largest absolute Gasteiger partial charge is 0.508 e. The molecule has 20 heavy (non-hydrogen) atoms. The summed E-state index contributed by atoms with van der Waals surface area (Å²) < 4.78 is 2.61. The van der Waals surface area contributed by atoms with E-state index < -0.39 is 0 Å². The zero-order valence-electron chi connectivity index (χ0n) is 12.0. The van der Waals surface area contributed by atoms with Gasteiger partial charge >= 0.3 is 5.69 Å². The highest BCUT2D eigenvalue weighted by molar-refractivity contribution is 5.54. The molecule has 0 saturated heterocycles. The zero-order valence-corrected chi connectivity index (χ0v) is 12.0. The van der Waals surface area contributed by atoms with Crippen LogP contribution in [0, 0.1) is 0 Å². The van der Waals surface area contributed by atoms with Crippen molar-refractivity contribution >= 4 is 0 Å². The topological polar surface area (TPSA) is 80.3 Å². The molecule has 0 radical (unpaired) electrons. The molecule has 0 spiro atoms. The fourth-order valence-electron chi connectivity index (χ4n) is 2.05. The van der Waals surface area contributed by atoms with Gasteiger partial charge in [0.2, 0.25) is 0 Å². The third-order valence-corrected chi connectivity index (χ3v) is 3.22. The van der Waals surface area contributed by atoms with Crippen LogP contribution in [0.2, 0.25) is 0 Å². The summed E-state index contributed by atoms with van der Waals surface area (Å²) in [6, 6.07) is 2.82. The second-order valence-electron chi connectivity index (χ2n) is 5.38. The van der Waals surface area contributed by atoms with E-state index in [2.05, 4.69) is 5.10 Å². The fraction of sp³-hybridized carbons (Fsp3) is 0.429. The number of benzene rings is 1. The summed E-state index contributed by atoms with van der Waals surface area (Å²) >= 11 is 0. The molecule has 0 unspecified atom stereocenters. The average Bonchev–Trinajstić information content (AvgIpc) is 2.71. The first-order valence-electron chi connectivity index (χ1n) is 6.55. The van der Waals surface area contributed by atoms with Crippen molar-refractivity contribution < 1.29 is 10.2 Å². The Morgan fingerprint density at radius 1 is 1.10 bits per heavy atom. The van der Waals surface area contributed by atoms with Crippen LogP contribution in [-0.2, 0) is 0 Å². The summed E-state index contributed by atoms with van der Waals surface area (Å²) in [6.45, 7) is 7.60. The van der Waals surface area contributed by atoms with Crippen LogP contribution in [0.4, 0.5) is 0 Å². The number of hydrogen-bond acceptors (Lipinski definition) is 4. The van der Waals surface area contributed by atoms with Crippen molar-refractivity contribution in [1.82, 2.24) is 14.3 Å². The maximum absolute atomic E-state index is 12.2. The van der Waals surface area contributed by atoms with Gasteiger partial charge in [0, 0.05) is 12.1 Å². The molecule has 108 valence electrons. The minimum absolute atomic E-state index is 0.0117. The van der Waals surface area contributed by atoms with Crippen LogP contribution < -0.4 is 5.69 Å². The first-order valence-corrected chi connectivity index (χ1v) is 6.55. The van der Waals surface area contributed by atoms with Crippen molar-refractivity contribution in [3.8, 4) is 17.2 Å². The third kappa shape index (κ3) is 2.29. The molecule has 1 aromatic carbocycles. The fourth-order valence-corrected chi connectivity index (χ4v) is 2.05. The Morgan fingerprint density at radius 3 is 2.25 bits per heavy atom. The lowest BCUT2D eigenvalue weighted by molar-refractivity contribution is 0.440. The van der Waals surface area contributed by atoms with Gasteiger partial charge in [-0.05, 0) is 31.4 Å². The molecule has 0 aliphatic heterocycles. The molecule has 2 rings (SSSR count). The first kappa shape index (κ1) is 14.2. The molecule has 6 heteroatoms. The van der Waals surface area contributed by atoms with Gasteiger partial charge in [-0.25, -0.2) is 4.79 Å². The number of aromatic nitrogens is 3. The van der Waals surface area contributed by atoms with Crippen LogP contribution in [0.15, 0.2) is 23.3 Å². The van der Waals surface area contributed by atoms with Gasteiger partial charge in [-0.3, -0.25) is 4.57 Å². The van der Waals surface area contributed by atoms with Gasteiger partial charge in [0.1, 0.15) is 23.5 Å². The summed E-state index contributed by atoms with van der Waals surface area (Å²) in [5.74, 6) is -0.0992. The maximum atomic E-state index is 12.2. The lowest BCUT2D eigenvalue weighted by atomic mass is 10.0. The second kappa shape index (κ2) is 5.03. The SMILES string of the molecule is CC(C)c1cc(-n2ncn(C(C)C)c2=O)c(O)cc1O. The number of hydrogen-bond donors (Lipinski definition) is 2. The van der Waals surface area contributed by atoms with E-state index in [4.69, 9.17) is 0 Å². The standard InChI is InChI=1S/C14H19N3O3/c1-8(2)10-5-11(13(19)6-12(10)18)17-14(20)16(7-15-17)9(3)4/h5-9,18-19H,1-4H3. The molecule has 0 atom stereocenters. The smallest absolute Gasteiger partial charge is 0.350 e. The van der Waals surface area contributed by atoms with Gasteiger partial charge < -0.3 is 10.2 Å². The Bertz CT molecular complexity index is 683. The lowest BCUT2D eigenvalue weighted by Gasteiger charge is -2.12. The molecule has 2 aromatic rings. The highest BCUT2D eigenvalue weighted by Gasteiger charge is 2.16. The molecule has 0 amide bonds. The number of phenolic OH excluding ortho intramolecular Hbond substituents is 2. The number of nitrogens with zero attached hydrogens (tertiary/aromatic N) is 3. The number of aromatic hydroxyl groups is 2. The molecule has 2 N–H and O–H groups in total. The second-order valence-corrected chi connectivity index (χ2v) is 5.38. The summed E-state index contributed by atoms with van der Waals surface area (Å²) in [5, 5.41) is 23.8. The Kier molecular flexibility index (Phi) is 3.57. The molecule has 1 heterocycles. The van der Waals surface area contributed by atoms with Crippen LogP contribution in [0.1, 0.15) is 45.2 Å². The molecule has 0 aliphatic carbocycles. The molecule has 6 nitrogen and oxygen atoms in total. The minimum Gasteiger partial charge on any atom is -0.508 e. The van der Waals surface area contributed by atoms with Crippen LogP contribution in [-0.4, -0.2) is 24.6 Å². The molecule has 1 aromatic heterocycles. The third-order valence-electron chi connectivity index (χ3n) is 3.22. The Balaban J connectivity index is 2.64. The molecular weight excluding hydrogens is 258 g/mol. The van der Waals surface area contributed by atoms with Gasteiger partial charge in [-0.1, -0.05) is 13.8 Å². The van der Waals surface area contributed by atoms with E-state index in [-0.39, 0.29) is 34.8 Å². The van der Waals surface area contributed by atoms with Crippen LogP contribution in [0.25, 0.3) is 5.69 Å². The molecular formula is C14H19N3O3. The number of rotatable bonds is 3. The van der Waals surface area contributed by atoms with E-state index in [9.17, 15) is 15.0 Å². The Hall–Kier alpha value is -2.24. The Morgan fingerprint density at radius 2 is 1.75 bits per heavy atom. The van der Waals surface area contributed by atoms with Crippen molar-refractivity contribution in [3.63, 3.8) is 0 Å². The van der Waals surface area contributed by atoms with Crippen LogP contribution in [0.5, 0.6) is 11.5 Å². The summed E-state index contributed by atoms with van der Waals surface area (Å²) in [6.07, 6.45) is 1.44. The minimum atomic E-state index is -0.323. The number of phenols is 2. The lowest BCUT2D eigenvalue weighted by Crippen LogP contribution is -2.25. The summed E-state index contributed by atoms with van der Waals surface area (Å²) in [4.78, 5) is 12.2. The van der Waals surface area contributed by atoms with Gasteiger partial charge in [-0.15, -0.1) is 0 Å². The van der Waals surface area contributed by atoms with Crippen molar-refractivity contribution in [3.05, 3.63) is 34.5 Å². The average molecular weight is 277 g/mol. The predicted molar refractivity (Wildman–Crippen MR) is 75.6 cm³/mol. The highest BCUT2D eigenvalue weighted by atomic mass is 16.3. The first-order chi connectivity index (χ1) is 9.32. The zero-order chi connectivity index (χ0) is 15.0. The summed E-state index contributed by atoms with van der Waals surface area (Å²) in [5.41, 5.74) is 0.607.